The van der Waals surface area contributed by atoms with Crippen molar-refractivity contribution < 1.29 is 0 Å². The van der Waals surface area contributed by atoms with Crippen molar-refractivity contribution >= 4 is 11.6 Å². The first-order valence-corrected chi connectivity index (χ1v) is 8.02. The Labute approximate surface area is 128 Å². The molecule has 1 aliphatic rings. The van der Waals surface area contributed by atoms with Crippen LogP contribution < -0.4 is 5.32 Å². The maximum Gasteiger partial charge on any atom is 0.0406 e. The Hall–Kier alpha value is -0.570. The number of nitrogens with one attached hydrogen (secondary N) is 1. The summed E-state index contributed by atoms with van der Waals surface area (Å²) in [5.74, 6) is 1.45. The molecule has 2 atom stereocenters. The van der Waals surface area contributed by atoms with E-state index in [1.165, 1.54) is 18.4 Å². The monoisotopic (exact) mass is 294 g/mol. The molecule has 1 aliphatic carbocycles. The van der Waals surface area contributed by atoms with Gasteiger partial charge in [0, 0.05) is 23.7 Å². The van der Waals surface area contributed by atoms with Crippen molar-refractivity contribution in [1.82, 2.24) is 10.2 Å². The topological polar surface area (TPSA) is 15.3 Å². The average Bonchev–Trinajstić information content (AvgIpc) is 3.19. The predicted octanol–water partition coefficient (Wildman–Crippen LogP) is 3.97. The summed E-state index contributed by atoms with van der Waals surface area (Å²) in [6.07, 6.45) is 2.68. The summed E-state index contributed by atoms with van der Waals surface area (Å²) >= 11 is 6.00. The molecule has 2 unspecified atom stereocenters. The predicted molar refractivity (Wildman–Crippen MR) is 87.2 cm³/mol. The molecule has 2 rings (SSSR count). The highest BCUT2D eigenvalue weighted by Crippen LogP contribution is 2.41. The zero-order valence-corrected chi connectivity index (χ0v) is 13.8. The van der Waals surface area contributed by atoms with Crippen molar-refractivity contribution in [3.8, 4) is 0 Å². The van der Waals surface area contributed by atoms with E-state index >= 15 is 0 Å². The van der Waals surface area contributed by atoms with E-state index in [2.05, 4.69) is 50.3 Å². The third-order valence-corrected chi connectivity index (χ3v) is 4.55. The van der Waals surface area contributed by atoms with E-state index in [1.54, 1.807) is 0 Å². The number of benzene rings is 1. The quantitative estimate of drug-likeness (QED) is 0.819. The van der Waals surface area contributed by atoms with Crippen molar-refractivity contribution in [1.29, 1.82) is 0 Å². The Balaban J connectivity index is 2.01. The summed E-state index contributed by atoms with van der Waals surface area (Å²) in [7, 11) is 4.33. The molecule has 1 fully saturated rings. The number of halogens is 1. The van der Waals surface area contributed by atoms with E-state index in [1.807, 2.05) is 12.1 Å². The minimum absolute atomic E-state index is 0.480. The lowest BCUT2D eigenvalue weighted by molar-refractivity contribution is 0.216. The summed E-state index contributed by atoms with van der Waals surface area (Å²) in [5, 5.41) is 4.61. The van der Waals surface area contributed by atoms with Gasteiger partial charge < -0.3 is 10.2 Å². The number of hydrogen-bond acceptors (Lipinski definition) is 2. The summed E-state index contributed by atoms with van der Waals surface area (Å²) in [6, 6.07) is 9.38. The zero-order chi connectivity index (χ0) is 14.7. The van der Waals surface area contributed by atoms with Gasteiger partial charge in [-0.25, -0.2) is 0 Å². The van der Waals surface area contributed by atoms with E-state index in [9.17, 15) is 0 Å². The minimum Gasteiger partial charge on any atom is -0.308 e. The molecular formula is C17H27ClN2. The van der Waals surface area contributed by atoms with Crippen LogP contribution in [0.25, 0.3) is 0 Å². The van der Waals surface area contributed by atoms with Crippen molar-refractivity contribution in [3.05, 3.63) is 34.9 Å². The van der Waals surface area contributed by atoms with E-state index in [4.69, 9.17) is 11.6 Å². The Kier molecular flexibility index (Phi) is 5.48. The second-order valence-corrected chi connectivity index (χ2v) is 6.99. The van der Waals surface area contributed by atoms with Crippen LogP contribution in [0.2, 0.25) is 5.02 Å². The lowest BCUT2D eigenvalue weighted by Gasteiger charge is -2.30. The van der Waals surface area contributed by atoms with Crippen LogP contribution in [0.5, 0.6) is 0 Å². The molecule has 0 heterocycles. The van der Waals surface area contributed by atoms with Crippen LogP contribution in [0.1, 0.15) is 38.3 Å². The van der Waals surface area contributed by atoms with Crippen LogP contribution in [0.4, 0.5) is 0 Å². The second kappa shape index (κ2) is 6.93. The Bertz CT molecular complexity index is 402. The first-order valence-electron chi connectivity index (χ1n) is 7.64. The largest absolute Gasteiger partial charge is 0.308 e. The molecule has 0 amide bonds. The van der Waals surface area contributed by atoms with Crippen LogP contribution in [0.3, 0.4) is 0 Å². The van der Waals surface area contributed by atoms with E-state index < -0.39 is 0 Å². The molecule has 0 aliphatic heterocycles. The number of likely N-dealkylation sites (N-methyl/N-ethyl adjacent to an activating group) is 1. The van der Waals surface area contributed by atoms with Crippen LogP contribution >= 0.6 is 11.6 Å². The SMILES string of the molecule is CC(C)C(CNC(c1ccc(Cl)cc1)C1CC1)N(C)C. The fraction of sp³-hybridized carbons (Fsp3) is 0.647. The summed E-state index contributed by atoms with van der Waals surface area (Å²) in [4.78, 5) is 2.32. The molecule has 1 aromatic rings. The van der Waals surface area contributed by atoms with Crippen molar-refractivity contribution in [3.63, 3.8) is 0 Å². The zero-order valence-electron chi connectivity index (χ0n) is 13.1. The first-order chi connectivity index (χ1) is 9.49. The summed E-state index contributed by atoms with van der Waals surface area (Å²) < 4.78 is 0. The van der Waals surface area contributed by atoms with Gasteiger partial charge in [0.25, 0.3) is 0 Å². The van der Waals surface area contributed by atoms with Crippen molar-refractivity contribution in [2.24, 2.45) is 11.8 Å². The van der Waals surface area contributed by atoms with Crippen LogP contribution in [0, 0.1) is 11.8 Å². The van der Waals surface area contributed by atoms with Crippen LogP contribution in [0.15, 0.2) is 24.3 Å². The molecule has 0 spiro atoms. The van der Waals surface area contributed by atoms with Gasteiger partial charge in [0.15, 0.2) is 0 Å². The lowest BCUT2D eigenvalue weighted by atomic mass is 9.99. The van der Waals surface area contributed by atoms with Crippen LogP contribution in [-0.2, 0) is 0 Å². The smallest absolute Gasteiger partial charge is 0.0406 e. The third-order valence-electron chi connectivity index (χ3n) is 4.30. The standard InChI is InChI=1S/C17H27ClN2/c1-12(2)16(20(3)4)11-19-17(13-5-6-13)14-7-9-15(18)10-8-14/h7-10,12-13,16-17,19H,5-6,11H2,1-4H3. The summed E-state index contributed by atoms with van der Waals surface area (Å²) in [5.41, 5.74) is 1.37. The molecule has 20 heavy (non-hydrogen) atoms. The van der Waals surface area contributed by atoms with Gasteiger partial charge in [0.1, 0.15) is 0 Å². The molecule has 0 bridgehead atoms. The Morgan fingerprint density at radius 2 is 1.80 bits per heavy atom. The van der Waals surface area contributed by atoms with Gasteiger partial charge in [-0.1, -0.05) is 37.6 Å². The normalized spacial score (nSPS) is 18.6. The highest BCUT2D eigenvalue weighted by atomic mass is 35.5. The highest BCUT2D eigenvalue weighted by Gasteiger charge is 2.32. The molecule has 2 nitrogen and oxygen atoms in total. The minimum atomic E-state index is 0.480. The molecule has 0 aromatic heterocycles. The van der Waals surface area contributed by atoms with Gasteiger partial charge in [0.2, 0.25) is 0 Å². The van der Waals surface area contributed by atoms with Crippen LogP contribution in [-0.4, -0.2) is 31.6 Å². The molecule has 0 saturated heterocycles. The molecule has 1 N–H and O–H groups in total. The van der Waals surface area contributed by atoms with Crippen molar-refractivity contribution in [2.75, 3.05) is 20.6 Å². The van der Waals surface area contributed by atoms with Crippen molar-refractivity contribution in [2.45, 2.75) is 38.8 Å². The van der Waals surface area contributed by atoms with Gasteiger partial charge in [-0.3, -0.25) is 0 Å². The Morgan fingerprint density at radius 3 is 2.25 bits per heavy atom. The highest BCUT2D eigenvalue weighted by molar-refractivity contribution is 6.30. The lowest BCUT2D eigenvalue weighted by Crippen LogP contribution is -2.43. The fourth-order valence-corrected chi connectivity index (χ4v) is 3.04. The van der Waals surface area contributed by atoms with E-state index in [0.29, 0.717) is 18.0 Å². The maximum atomic E-state index is 6.00. The molecule has 1 saturated carbocycles. The van der Waals surface area contributed by atoms with Gasteiger partial charge >= 0.3 is 0 Å². The first kappa shape index (κ1) is 15.8. The van der Waals surface area contributed by atoms with Gasteiger partial charge in [-0.15, -0.1) is 0 Å². The number of nitrogens with zero attached hydrogens (tertiary/aromatic N) is 1. The Morgan fingerprint density at radius 1 is 1.20 bits per heavy atom. The number of rotatable bonds is 7. The van der Waals surface area contributed by atoms with E-state index in [-0.39, 0.29) is 0 Å². The third kappa shape index (κ3) is 4.21. The number of hydrogen-bond donors (Lipinski definition) is 1. The molecular weight excluding hydrogens is 268 g/mol. The molecule has 0 radical (unpaired) electrons. The van der Waals surface area contributed by atoms with Gasteiger partial charge in [0.05, 0.1) is 0 Å². The average molecular weight is 295 g/mol. The van der Waals surface area contributed by atoms with E-state index in [0.717, 1.165) is 17.5 Å². The second-order valence-electron chi connectivity index (χ2n) is 6.55. The fourth-order valence-electron chi connectivity index (χ4n) is 2.92. The van der Waals surface area contributed by atoms with Gasteiger partial charge in [-0.05, 0) is 56.5 Å². The molecule has 1 aromatic carbocycles. The van der Waals surface area contributed by atoms with Gasteiger partial charge in [-0.2, -0.15) is 0 Å². The molecule has 3 heteroatoms. The summed E-state index contributed by atoms with van der Waals surface area (Å²) in [6.45, 7) is 5.62. The maximum absolute atomic E-state index is 6.00. The molecule has 112 valence electrons.